The van der Waals surface area contributed by atoms with E-state index in [0.29, 0.717) is 30.3 Å². The van der Waals surface area contributed by atoms with Crippen LogP contribution in [0.3, 0.4) is 0 Å². The molecule has 1 aliphatic rings. The summed E-state index contributed by atoms with van der Waals surface area (Å²) in [6, 6.07) is 6.28. The second-order valence-electron chi connectivity index (χ2n) is 6.59. The molecule has 1 aromatic carbocycles. The first-order chi connectivity index (χ1) is 13.9. The standard InChI is InChI=1S/C18H24N4O4S3/c1-3-11-27-18-21-20-17(28-18)19-16(23)13-5-4-10-22(12-13)29(24,25)15-8-6-14(26-2)7-9-15/h6-9,13H,3-5,10-12H2,1-2H3,(H,19,20,23)/t13-/m1/s1. The third-order valence-corrected chi connectivity index (χ3v) is 8.58. The Morgan fingerprint density at radius 3 is 2.79 bits per heavy atom. The maximum absolute atomic E-state index is 12.9. The molecule has 8 nitrogen and oxygen atoms in total. The van der Waals surface area contributed by atoms with Crippen molar-refractivity contribution in [3.63, 3.8) is 0 Å². The molecule has 2 aromatic rings. The molecule has 1 aliphatic heterocycles. The number of anilines is 1. The number of thioether (sulfide) groups is 1. The van der Waals surface area contributed by atoms with Gasteiger partial charge in [-0.05, 0) is 43.5 Å². The van der Waals surface area contributed by atoms with Crippen LogP contribution in [0.2, 0.25) is 0 Å². The van der Waals surface area contributed by atoms with Crippen molar-refractivity contribution in [1.29, 1.82) is 0 Å². The Morgan fingerprint density at radius 2 is 2.10 bits per heavy atom. The van der Waals surface area contributed by atoms with Gasteiger partial charge >= 0.3 is 0 Å². The number of rotatable bonds is 8. The second kappa shape index (κ2) is 9.88. The van der Waals surface area contributed by atoms with Crippen molar-refractivity contribution < 1.29 is 17.9 Å². The molecule has 1 amide bonds. The summed E-state index contributed by atoms with van der Waals surface area (Å²) in [5, 5.41) is 11.3. The summed E-state index contributed by atoms with van der Waals surface area (Å²) < 4.78 is 33.2. The summed E-state index contributed by atoms with van der Waals surface area (Å²) in [7, 11) is -2.13. The molecule has 29 heavy (non-hydrogen) atoms. The van der Waals surface area contributed by atoms with Crippen molar-refractivity contribution in [2.45, 2.75) is 35.4 Å². The molecule has 0 radical (unpaired) electrons. The maximum atomic E-state index is 12.9. The van der Waals surface area contributed by atoms with E-state index in [1.807, 2.05) is 0 Å². The SMILES string of the molecule is CCCSc1nnc(NC(=O)[C@@H]2CCCN(S(=O)(=O)c3ccc(OC)cc3)C2)s1. The highest BCUT2D eigenvalue weighted by atomic mass is 32.2. The third-order valence-electron chi connectivity index (χ3n) is 4.52. The van der Waals surface area contributed by atoms with Crippen LogP contribution in [0.25, 0.3) is 0 Å². The molecule has 1 atom stereocenters. The van der Waals surface area contributed by atoms with Gasteiger partial charge in [-0.2, -0.15) is 4.31 Å². The van der Waals surface area contributed by atoms with Gasteiger partial charge in [0.1, 0.15) is 5.75 Å². The Bertz CT molecular complexity index is 931. The van der Waals surface area contributed by atoms with Crippen molar-refractivity contribution in [2.75, 3.05) is 31.3 Å². The average Bonchev–Trinajstić information content (AvgIpc) is 3.19. The Labute approximate surface area is 179 Å². The first-order valence-corrected chi connectivity index (χ1v) is 12.6. The largest absolute Gasteiger partial charge is 0.497 e. The van der Waals surface area contributed by atoms with Gasteiger partial charge in [0.25, 0.3) is 0 Å². The molecule has 0 unspecified atom stereocenters. The van der Waals surface area contributed by atoms with Gasteiger partial charge in [-0.15, -0.1) is 10.2 Å². The number of methoxy groups -OCH3 is 1. The Kier molecular flexibility index (Phi) is 7.49. The van der Waals surface area contributed by atoms with Gasteiger partial charge in [0.15, 0.2) is 4.34 Å². The molecular formula is C18H24N4O4S3. The fourth-order valence-corrected chi connectivity index (χ4v) is 6.19. The number of ether oxygens (including phenoxy) is 1. The normalized spacial score (nSPS) is 17.8. The summed E-state index contributed by atoms with van der Waals surface area (Å²) in [5.41, 5.74) is 0. The fraction of sp³-hybridized carbons (Fsp3) is 0.500. The lowest BCUT2D eigenvalue weighted by molar-refractivity contribution is -0.120. The summed E-state index contributed by atoms with van der Waals surface area (Å²) in [6.07, 6.45) is 2.30. The highest BCUT2D eigenvalue weighted by molar-refractivity contribution is 8.01. The van der Waals surface area contributed by atoms with Crippen LogP contribution in [-0.2, 0) is 14.8 Å². The molecule has 0 spiro atoms. The number of aromatic nitrogens is 2. The Morgan fingerprint density at radius 1 is 1.34 bits per heavy atom. The third kappa shape index (κ3) is 5.47. The minimum Gasteiger partial charge on any atom is -0.497 e. The van der Waals surface area contributed by atoms with Crippen LogP contribution in [0.4, 0.5) is 5.13 Å². The number of benzene rings is 1. The van der Waals surface area contributed by atoms with Crippen molar-refractivity contribution in [1.82, 2.24) is 14.5 Å². The minimum atomic E-state index is -3.66. The van der Waals surface area contributed by atoms with E-state index in [1.54, 1.807) is 23.9 Å². The molecule has 1 aromatic heterocycles. The van der Waals surface area contributed by atoms with Crippen LogP contribution in [0.5, 0.6) is 5.75 Å². The van der Waals surface area contributed by atoms with Crippen molar-refractivity contribution in [3.8, 4) is 5.75 Å². The first-order valence-electron chi connectivity index (χ1n) is 9.35. The second-order valence-corrected chi connectivity index (χ2v) is 10.8. The summed E-state index contributed by atoms with van der Waals surface area (Å²) in [5.74, 6) is 0.896. The predicted molar refractivity (Wildman–Crippen MR) is 114 cm³/mol. The highest BCUT2D eigenvalue weighted by Gasteiger charge is 2.33. The van der Waals surface area contributed by atoms with E-state index < -0.39 is 15.9 Å². The predicted octanol–water partition coefficient (Wildman–Crippen LogP) is 3.09. The molecule has 3 rings (SSSR count). The fourth-order valence-electron chi connectivity index (χ4n) is 2.99. The summed E-state index contributed by atoms with van der Waals surface area (Å²) in [6.45, 7) is 2.64. The van der Waals surface area contributed by atoms with Gasteiger partial charge in [0, 0.05) is 18.8 Å². The first kappa shape index (κ1) is 22.0. The van der Waals surface area contributed by atoms with Crippen LogP contribution < -0.4 is 10.1 Å². The summed E-state index contributed by atoms with van der Waals surface area (Å²) >= 11 is 2.94. The molecule has 0 saturated carbocycles. The van der Waals surface area contributed by atoms with Gasteiger partial charge in [0.2, 0.25) is 21.1 Å². The van der Waals surface area contributed by atoms with Crippen molar-refractivity contribution in [3.05, 3.63) is 24.3 Å². The van der Waals surface area contributed by atoms with E-state index in [2.05, 4.69) is 22.4 Å². The lowest BCUT2D eigenvalue weighted by Crippen LogP contribution is -2.43. The van der Waals surface area contributed by atoms with Gasteiger partial charge < -0.3 is 10.1 Å². The van der Waals surface area contributed by atoms with Crippen LogP contribution in [0.1, 0.15) is 26.2 Å². The highest BCUT2D eigenvalue weighted by Crippen LogP contribution is 2.28. The van der Waals surface area contributed by atoms with Crippen LogP contribution in [0.15, 0.2) is 33.5 Å². The molecule has 0 bridgehead atoms. The van der Waals surface area contributed by atoms with E-state index in [4.69, 9.17) is 4.74 Å². The van der Waals surface area contributed by atoms with Gasteiger partial charge in [-0.3, -0.25) is 4.79 Å². The quantitative estimate of drug-likeness (QED) is 0.481. The zero-order chi connectivity index (χ0) is 20.9. The molecule has 11 heteroatoms. The van der Waals surface area contributed by atoms with Crippen molar-refractivity contribution in [2.24, 2.45) is 5.92 Å². The summed E-state index contributed by atoms with van der Waals surface area (Å²) in [4.78, 5) is 12.9. The van der Waals surface area contributed by atoms with Crippen molar-refractivity contribution >= 4 is 44.2 Å². The number of sulfonamides is 1. The molecule has 0 aliphatic carbocycles. The number of carbonyl (C=O) groups excluding carboxylic acids is 1. The molecular weight excluding hydrogens is 432 g/mol. The number of nitrogens with one attached hydrogen (secondary N) is 1. The zero-order valence-electron chi connectivity index (χ0n) is 16.3. The Hall–Kier alpha value is -1.69. The van der Waals surface area contributed by atoms with E-state index in [0.717, 1.165) is 16.5 Å². The maximum Gasteiger partial charge on any atom is 0.243 e. The van der Waals surface area contributed by atoms with Crippen LogP contribution in [0, 0.1) is 5.92 Å². The molecule has 1 saturated heterocycles. The average molecular weight is 457 g/mol. The topological polar surface area (TPSA) is 101 Å². The van der Waals surface area contributed by atoms with E-state index in [9.17, 15) is 13.2 Å². The van der Waals surface area contributed by atoms with Gasteiger partial charge in [0.05, 0.1) is 17.9 Å². The van der Waals surface area contributed by atoms with E-state index >= 15 is 0 Å². The molecule has 2 heterocycles. The lowest BCUT2D eigenvalue weighted by atomic mass is 9.99. The lowest BCUT2D eigenvalue weighted by Gasteiger charge is -2.31. The number of nitrogens with zero attached hydrogens (tertiary/aromatic N) is 3. The zero-order valence-corrected chi connectivity index (χ0v) is 18.8. The Balaban J connectivity index is 1.64. The van der Waals surface area contributed by atoms with Gasteiger partial charge in [-0.25, -0.2) is 8.42 Å². The van der Waals surface area contributed by atoms with Crippen LogP contribution >= 0.6 is 23.1 Å². The minimum absolute atomic E-state index is 0.149. The monoisotopic (exact) mass is 456 g/mol. The molecule has 1 N–H and O–H groups in total. The van der Waals surface area contributed by atoms with Crippen LogP contribution in [-0.4, -0.2) is 54.8 Å². The number of hydrogen-bond acceptors (Lipinski definition) is 8. The van der Waals surface area contributed by atoms with E-state index in [-0.39, 0.29) is 17.3 Å². The van der Waals surface area contributed by atoms with E-state index in [1.165, 1.54) is 34.9 Å². The number of amides is 1. The number of hydrogen-bond donors (Lipinski definition) is 1. The molecule has 1 fully saturated rings. The van der Waals surface area contributed by atoms with Gasteiger partial charge in [-0.1, -0.05) is 30.0 Å². The number of piperidine rings is 1. The number of carbonyl (C=O) groups is 1. The smallest absolute Gasteiger partial charge is 0.243 e. The molecule has 158 valence electrons.